The Labute approximate surface area is 132 Å². The van der Waals surface area contributed by atoms with Crippen molar-refractivity contribution in [2.75, 3.05) is 7.11 Å². The third kappa shape index (κ3) is 4.37. The van der Waals surface area contributed by atoms with Crippen LogP contribution in [-0.2, 0) is 0 Å². The Morgan fingerprint density at radius 1 is 1.05 bits per heavy atom. The van der Waals surface area contributed by atoms with Crippen molar-refractivity contribution >= 4 is 6.08 Å². The molecule has 0 spiro atoms. The Morgan fingerprint density at radius 3 is 2.32 bits per heavy atom. The molecule has 0 saturated carbocycles. The molecule has 2 N–H and O–H groups in total. The summed E-state index contributed by atoms with van der Waals surface area (Å²) in [7, 11) is 1.66. The molecule has 2 aromatic rings. The average molecular weight is 297 g/mol. The molecule has 3 nitrogen and oxygen atoms in total. The van der Waals surface area contributed by atoms with Crippen LogP contribution in [0.25, 0.3) is 6.08 Å². The zero-order valence-corrected chi connectivity index (χ0v) is 13.3. The van der Waals surface area contributed by atoms with Gasteiger partial charge in [0.25, 0.3) is 0 Å². The molecule has 0 aliphatic heterocycles. The number of hydrogen-bond acceptors (Lipinski definition) is 3. The Balaban J connectivity index is 2.22. The molecule has 0 amide bonds. The second kappa shape index (κ2) is 7.66. The first-order valence-electron chi connectivity index (χ1n) is 7.46. The van der Waals surface area contributed by atoms with Crippen molar-refractivity contribution in [1.82, 2.24) is 5.32 Å². The van der Waals surface area contributed by atoms with Gasteiger partial charge in [0, 0.05) is 11.6 Å². The summed E-state index contributed by atoms with van der Waals surface area (Å²) in [6, 6.07) is 15.6. The number of aromatic hydroxyl groups is 1. The number of nitrogens with one attached hydrogen (secondary N) is 1. The molecule has 0 aliphatic rings. The Hall–Kier alpha value is -2.26. The average Bonchev–Trinajstić information content (AvgIpc) is 2.52. The largest absolute Gasteiger partial charge is 0.508 e. The van der Waals surface area contributed by atoms with Crippen molar-refractivity contribution in [1.29, 1.82) is 0 Å². The van der Waals surface area contributed by atoms with Crippen LogP contribution in [-0.4, -0.2) is 18.3 Å². The third-order valence-corrected chi connectivity index (χ3v) is 3.38. The van der Waals surface area contributed by atoms with Gasteiger partial charge < -0.3 is 15.2 Å². The van der Waals surface area contributed by atoms with Gasteiger partial charge in [0.1, 0.15) is 11.5 Å². The monoisotopic (exact) mass is 297 g/mol. The summed E-state index contributed by atoms with van der Waals surface area (Å²) < 4.78 is 5.16. The maximum Gasteiger partial charge on any atom is 0.120 e. The smallest absolute Gasteiger partial charge is 0.120 e. The van der Waals surface area contributed by atoms with Gasteiger partial charge in [-0.05, 0) is 37.6 Å². The van der Waals surface area contributed by atoms with E-state index in [4.69, 9.17) is 4.74 Å². The van der Waals surface area contributed by atoms with Gasteiger partial charge in [-0.2, -0.15) is 0 Å². The van der Waals surface area contributed by atoms with E-state index in [0.29, 0.717) is 11.8 Å². The number of phenols is 1. The molecule has 0 saturated heterocycles. The summed E-state index contributed by atoms with van der Waals surface area (Å²) >= 11 is 0. The van der Waals surface area contributed by atoms with E-state index in [1.54, 1.807) is 13.2 Å². The number of ether oxygens (including phenoxy) is 1. The van der Waals surface area contributed by atoms with Crippen LogP contribution in [0, 0.1) is 0 Å². The quantitative estimate of drug-likeness (QED) is 0.841. The molecular formula is C19H23NO2. The number of rotatable bonds is 6. The minimum atomic E-state index is -0.0386. The van der Waals surface area contributed by atoms with E-state index in [0.717, 1.165) is 16.9 Å². The van der Waals surface area contributed by atoms with E-state index in [2.05, 4.69) is 25.2 Å². The van der Waals surface area contributed by atoms with Gasteiger partial charge >= 0.3 is 0 Å². The molecule has 0 aromatic heterocycles. The van der Waals surface area contributed by atoms with Gasteiger partial charge in [-0.15, -0.1) is 0 Å². The lowest BCUT2D eigenvalue weighted by atomic mass is 10.0. The van der Waals surface area contributed by atoms with Crippen LogP contribution < -0.4 is 10.1 Å². The zero-order chi connectivity index (χ0) is 15.9. The van der Waals surface area contributed by atoms with Crippen LogP contribution in [0.2, 0.25) is 0 Å². The predicted octanol–water partition coefficient (Wildman–Crippen LogP) is 4.15. The summed E-state index contributed by atoms with van der Waals surface area (Å²) in [4.78, 5) is 0. The lowest BCUT2D eigenvalue weighted by Crippen LogP contribution is -2.26. The van der Waals surface area contributed by atoms with E-state index in [-0.39, 0.29) is 6.04 Å². The molecule has 0 heterocycles. The van der Waals surface area contributed by atoms with Crippen LogP contribution in [0.1, 0.15) is 31.0 Å². The lowest BCUT2D eigenvalue weighted by molar-refractivity contribution is 0.415. The standard InChI is InChI=1S/C19H23NO2/c1-14(2)20-18(17-6-4-5-7-19(17)21)13-10-15-8-11-16(22-3)12-9-15/h4-14,18,20-21H,1-3H3/b13-10+. The first kappa shape index (κ1) is 16.1. The zero-order valence-electron chi connectivity index (χ0n) is 13.3. The predicted molar refractivity (Wildman–Crippen MR) is 91.1 cm³/mol. The minimum absolute atomic E-state index is 0.0386. The van der Waals surface area contributed by atoms with Crippen LogP contribution in [0.4, 0.5) is 0 Å². The number of phenolic OH excluding ortho intramolecular Hbond substituents is 1. The molecule has 1 atom stereocenters. The molecule has 2 aromatic carbocycles. The molecule has 0 radical (unpaired) electrons. The SMILES string of the molecule is COc1ccc(/C=C/C(NC(C)C)c2ccccc2O)cc1. The Morgan fingerprint density at radius 2 is 1.73 bits per heavy atom. The van der Waals surface area contributed by atoms with Crippen molar-refractivity contribution in [3.8, 4) is 11.5 Å². The number of hydrogen-bond donors (Lipinski definition) is 2. The fourth-order valence-electron chi connectivity index (χ4n) is 2.28. The van der Waals surface area contributed by atoms with E-state index in [1.165, 1.54) is 0 Å². The van der Waals surface area contributed by atoms with Gasteiger partial charge in [-0.25, -0.2) is 0 Å². The van der Waals surface area contributed by atoms with E-state index >= 15 is 0 Å². The lowest BCUT2D eigenvalue weighted by Gasteiger charge is -2.19. The van der Waals surface area contributed by atoms with Crippen molar-refractivity contribution in [3.05, 3.63) is 65.7 Å². The van der Waals surface area contributed by atoms with E-state index < -0.39 is 0 Å². The number of methoxy groups -OCH3 is 1. The first-order valence-corrected chi connectivity index (χ1v) is 7.46. The van der Waals surface area contributed by atoms with E-state index in [1.807, 2.05) is 48.5 Å². The van der Waals surface area contributed by atoms with Gasteiger partial charge in [0.15, 0.2) is 0 Å². The van der Waals surface area contributed by atoms with Gasteiger partial charge in [0.05, 0.1) is 13.2 Å². The normalized spacial score (nSPS) is 12.7. The van der Waals surface area contributed by atoms with E-state index in [9.17, 15) is 5.11 Å². The fraction of sp³-hybridized carbons (Fsp3) is 0.263. The number of para-hydroxylation sites is 1. The fourth-order valence-corrected chi connectivity index (χ4v) is 2.28. The first-order chi connectivity index (χ1) is 10.6. The second-order valence-corrected chi connectivity index (χ2v) is 5.49. The van der Waals surface area contributed by atoms with Crippen LogP contribution in [0.5, 0.6) is 11.5 Å². The highest BCUT2D eigenvalue weighted by molar-refractivity contribution is 5.52. The summed E-state index contributed by atoms with van der Waals surface area (Å²) in [5.41, 5.74) is 1.97. The topological polar surface area (TPSA) is 41.5 Å². The Bertz CT molecular complexity index is 618. The minimum Gasteiger partial charge on any atom is -0.508 e. The summed E-state index contributed by atoms with van der Waals surface area (Å²) in [5.74, 6) is 1.15. The molecule has 1 unspecified atom stereocenters. The van der Waals surface area contributed by atoms with Crippen molar-refractivity contribution < 1.29 is 9.84 Å². The highest BCUT2D eigenvalue weighted by Crippen LogP contribution is 2.26. The van der Waals surface area contributed by atoms with Crippen molar-refractivity contribution in [2.24, 2.45) is 0 Å². The molecule has 3 heteroatoms. The van der Waals surface area contributed by atoms with Crippen molar-refractivity contribution in [2.45, 2.75) is 25.9 Å². The molecule has 116 valence electrons. The van der Waals surface area contributed by atoms with Crippen molar-refractivity contribution in [3.63, 3.8) is 0 Å². The molecule has 0 aliphatic carbocycles. The third-order valence-electron chi connectivity index (χ3n) is 3.38. The molecule has 2 rings (SSSR count). The van der Waals surface area contributed by atoms with Gasteiger partial charge in [-0.1, -0.05) is 42.5 Å². The summed E-state index contributed by atoms with van der Waals surface area (Å²) in [5, 5.41) is 13.5. The number of benzene rings is 2. The molecule has 22 heavy (non-hydrogen) atoms. The molecule has 0 fully saturated rings. The maximum absolute atomic E-state index is 10.1. The maximum atomic E-state index is 10.1. The van der Waals surface area contributed by atoms with Crippen LogP contribution in [0.15, 0.2) is 54.6 Å². The van der Waals surface area contributed by atoms with Gasteiger partial charge in [-0.3, -0.25) is 0 Å². The highest BCUT2D eigenvalue weighted by atomic mass is 16.5. The second-order valence-electron chi connectivity index (χ2n) is 5.49. The highest BCUT2D eigenvalue weighted by Gasteiger charge is 2.12. The summed E-state index contributed by atoms with van der Waals surface area (Å²) in [6.07, 6.45) is 4.11. The van der Waals surface area contributed by atoms with Crippen LogP contribution >= 0.6 is 0 Å². The summed E-state index contributed by atoms with van der Waals surface area (Å²) in [6.45, 7) is 4.18. The van der Waals surface area contributed by atoms with Gasteiger partial charge in [0.2, 0.25) is 0 Å². The Kier molecular flexibility index (Phi) is 5.61. The molecule has 0 bridgehead atoms. The molecular weight excluding hydrogens is 274 g/mol. The van der Waals surface area contributed by atoms with Crippen LogP contribution in [0.3, 0.4) is 0 Å².